The third-order valence-corrected chi connectivity index (χ3v) is 8.60. The minimum Gasteiger partial charge on any atom is -0.455 e. The van der Waals surface area contributed by atoms with Gasteiger partial charge in [-0.3, -0.25) is 0 Å². The average Bonchev–Trinajstić information content (AvgIpc) is 3.54. The largest absolute Gasteiger partial charge is 0.455 e. The van der Waals surface area contributed by atoms with E-state index in [0.717, 1.165) is 82.2 Å². The molecule has 0 saturated heterocycles. The smallest absolute Gasteiger partial charge is 0.143 e. The van der Waals surface area contributed by atoms with Crippen LogP contribution in [0.15, 0.2) is 106 Å². The van der Waals surface area contributed by atoms with Gasteiger partial charge in [-0.15, -0.1) is 0 Å². The molecule has 2 aromatic heterocycles. The lowest BCUT2D eigenvalue weighted by Gasteiger charge is -2.18. The van der Waals surface area contributed by atoms with Crippen molar-refractivity contribution < 1.29 is 8.83 Å². The molecule has 0 radical (unpaired) electrons. The molecule has 200 valence electrons. The Labute approximate surface area is 238 Å². The molecular weight excluding hydrogens is 502 g/mol. The quantitative estimate of drug-likeness (QED) is 0.221. The Hall–Kier alpha value is -4.76. The Balaban J connectivity index is 1.52. The zero-order chi connectivity index (χ0) is 28.0. The molecule has 6 aromatic carbocycles. The molecule has 0 aliphatic carbocycles. The molecule has 0 unspecified atom stereocenters. The second-order valence-corrected chi connectivity index (χ2v) is 12.4. The molecule has 0 N–H and O–H groups in total. The minimum absolute atomic E-state index is 0.0348. The first-order valence-electron chi connectivity index (χ1n) is 14.2. The number of nitrogens with zero attached hydrogens (tertiary/aromatic N) is 1. The molecular formula is C38H31NO2. The van der Waals surface area contributed by atoms with Crippen LogP contribution in [-0.4, -0.2) is 14.1 Å². The Bertz CT molecular complexity index is 2330. The number of rotatable bonds is 2. The van der Waals surface area contributed by atoms with Crippen molar-refractivity contribution in [3.8, 4) is 11.1 Å². The first-order valence-corrected chi connectivity index (χ1v) is 14.2. The number of benzene rings is 6. The third kappa shape index (κ3) is 3.52. The summed E-state index contributed by atoms with van der Waals surface area (Å²) in [6.07, 6.45) is 0. The molecule has 41 heavy (non-hydrogen) atoms. The van der Waals surface area contributed by atoms with E-state index in [9.17, 15) is 0 Å². The summed E-state index contributed by atoms with van der Waals surface area (Å²) in [4.78, 5) is 2.13. The van der Waals surface area contributed by atoms with Gasteiger partial charge in [-0.25, -0.2) is 0 Å². The minimum atomic E-state index is 0.0348. The van der Waals surface area contributed by atoms with Gasteiger partial charge in [-0.1, -0.05) is 81.4 Å². The van der Waals surface area contributed by atoms with Crippen LogP contribution in [0, 0.1) is 0 Å². The van der Waals surface area contributed by atoms with Crippen molar-refractivity contribution in [3.05, 3.63) is 103 Å². The van der Waals surface area contributed by atoms with E-state index in [-0.39, 0.29) is 5.41 Å². The number of fused-ring (bicyclic) bond motifs is 10. The maximum atomic E-state index is 6.72. The van der Waals surface area contributed by atoms with Crippen molar-refractivity contribution in [1.29, 1.82) is 0 Å². The molecule has 0 spiro atoms. The monoisotopic (exact) mass is 533 g/mol. The van der Waals surface area contributed by atoms with Gasteiger partial charge in [0.05, 0.1) is 0 Å². The van der Waals surface area contributed by atoms with Crippen LogP contribution in [0.4, 0.5) is 5.69 Å². The zero-order valence-corrected chi connectivity index (χ0v) is 24.0. The van der Waals surface area contributed by atoms with Crippen LogP contribution in [0.3, 0.4) is 0 Å². The standard InChI is InChI=1S/C38H31NO2/c1-38(2,3)24-14-17-29-33(20-24)41-36-26-11-7-6-9-23(26)19-31(35(29)36)27-12-8-10-22-13-16-28-30-21-25(39(4)5)15-18-32(30)40-37(28)34(22)27/h6-21H,1-5H3. The topological polar surface area (TPSA) is 29.5 Å². The molecule has 0 amide bonds. The van der Waals surface area contributed by atoms with E-state index in [1.54, 1.807) is 0 Å². The van der Waals surface area contributed by atoms with E-state index in [1.165, 1.54) is 5.56 Å². The average molecular weight is 534 g/mol. The van der Waals surface area contributed by atoms with Crippen molar-refractivity contribution in [2.75, 3.05) is 19.0 Å². The van der Waals surface area contributed by atoms with E-state index in [0.29, 0.717) is 0 Å². The van der Waals surface area contributed by atoms with E-state index in [1.807, 2.05) is 0 Å². The predicted octanol–water partition coefficient (Wildman–Crippen LogP) is 10.8. The fraction of sp³-hybridized carbons (Fsp3) is 0.158. The summed E-state index contributed by atoms with van der Waals surface area (Å²) in [6.45, 7) is 6.73. The maximum absolute atomic E-state index is 6.72. The molecule has 0 bridgehead atoms. The van der Waals surface area contributed by atoms with Crippen molar-refractivity contribution in [2.24, 2.45) is 0 Å². The molecule has 8 rings (SSSR count). The molecule has 0 aliphatic heterocycles. The fourth-order valence-electron chi connectivity index (χ4n) is 6.38. The summed E-state index contributed by atoms with van der Waals surface area (Å²) in [5, 5.41) is 9.13. The van der Waals surface area contributed by atoms with Gasteiger partial charge in [-0.2, -0.15) is 0 Å². The van der Waals surface area contributed by atoms with Crippen LogP contribution < -0.4 is 4.90 Å². The second kappa shape index (κ2) is 8.37. The molecule has 0 fully saturated rings. The highest BCUT2D eigenvalue weighted by molar-refractivity contribution is 6.26. The lowest BCUT2D eigenvalue weighted by molar-refractivity contribution is 0.588. The lowest BCUT2D eigenvalue weighted by Crippen LogP contribution is -2.10. The van der Waals surface area contributed by atoms with Crippen LogP contribution in [0.1, 0.15) is 26.3 Å². The molecule has 2 heterocycles. The number of furan rings is 2. The summed E-state index contributed by atoms with van der Waals surface area (Å²) < 4.78 is 13.4. The van der Waals surface area contributed by atoms with E-state index in [2.05, 4.69) is 137 Å². The number of hydrogen-bond donors (Lipinski definition) is 0. The Morgan fingerprint density at radius 2 is 1.29 bits per heavy atom. The first-order chi connectivity index (χ1) is 19.8. The van der Waals surface area contributed by atoms with Gasteiger partial charge in [0, 0.05) is 52.1 Å². The SMILES string of the molecule is CN(C)c1ccc2oc3c(ccc4cccc(-c5cc6ccccc6c6oc7cc(C(C)(C)C)ccc7c56)c43)c2c1. The normalized spacial score (nSPS) is 12.5. The summed E-state index contributed by atoms with van der Waals surface area (Å²) in [5.74, 6) is 0. The molecule has 8 aromatic rings. The van der Waals surface area contributed by atoms with Gasteiger partial charge in [-0.05, 0) is 69.3 Å². The van der Waals surface area contributed by atoms with Crippen LogP contribution in [0.25, 0.3) is 76.5 Å². The second-order valence-electron chi connectivity index (χ2n) is 12.4. The number of anilines is 1. The highest BCUT2D eigenvalue weighted by atomic mass is 16.3. The number of hydrogen-bond acceptors (Lipinski definition) is 3. The van der Waals surface area contributed by atoms with Crippen molar-refractivity contribution in [1.82, 2.24) is 0 Å². The molecule has 3 heteroatoms. The zero-order valence-electron chi connectivity index (χ0n) is 24.0. The maximum Gasteiger partial charge on any atom is 0.143 e. The van der Waals surface area contributed by atoms with Crippen molar-refractivity contribution in [3.63, 3.8) is 0 Å². The van der Waals surface area contributed by atoms with Gasteiger partial charge >= 0.3 is 0 Å². The lowest BCUT2D eigenvalue weighted by atomic mass is 9.86. The Morgan fingerprint density at radius 1 is 0.537 bits per heavy atom. The van der Waals surface area contributed by atoms with E-state index in [4.69, 9.17) is 8.83 Å². The Morgan fingerprint density at radius 3 is 2.12 bits per heavy atom. The van der Waals surface area contributed by atoms with Crippen molar-refractivity contribution in [2.45, 2.75) is 26.2 Å². The third-order valence-electron chi connectivity index (χ3n) is 8.60. The summed E-state index contributed by atoms with van der Waals surface area (Å²) in [6, 6.07) is 35.0. The summed E-state index contributed by atoms with van der Waals surface area (Å²) in [5.41, 5.74) is 8.46. The van der Waals surface area contributed by atoms with Crippen LogP contribution in [-0.2, 0) is 5.41 Å². The Kier molecular flexibility index (Phi) is 4.92. The first kappa shape index (κ1) is 24.1. The fourth-order valence-corrected chi connectivity index (χ4v) is 6.38. The van der Waals surface area contributed by atoms with Gasteiger partial charge in [0.15, 0.2) is 0 Å². The molecule has 0 aliphatic rings. The van der Waals surface area contributed by atoms with Crippen LogP contribution >= 0.6 is 0 Å². The van der Waals surface area contributed by atoms with Gasteiger partial charge in [0.2, 0.25) is 0 Å². The predicted molar refractivity (Wildman–Crippen MR) is 174 cm³/mol. The van der Waals surface area contributed by atoms with Crippen molar-refractivity contribution >= 4 is 71.1 Å². The van der Waals surface area contributed by atoms with Gasteiger partial charge in [0.25, 0.3) is 0 Å². The molecule has 3 nitrogen and oxygen atoms in total. The molecule has 0 saturated carbocycles. The van der Waals surface area contributed by atoms with E-state index >= 15 is 0 Å². The highest BCUT2D eigenvalue weighted by Gasteiger charge is 2.22. The van der Waals surface area contributed by atoms with Crippen LogP contribution in [0.2, 0.25) is 0 Å². The molecule has 0 atom stereocenters. The van der Waals surface area contributed by atoms with Gasteiger partial charge < -0.3 is 13.7 Å². The summed E-state index contributed by atoms with van der Waals surface area (Å²) in [7, 11) is 4.14. The van der Waals surface area contributed by atoms with Crippen LogP contribution in [0.5, 0.6) is 0 Å². The summed E-state index contributed by atoms with van der Waals surface area (Å²) >= 11 is 0. The van der Waals surface area contributed by atoms with Gasteiger partial charge in [0.1, 0.15) is 22.3 Å². The highest BCUT2D eigenvalue weighted by Crippen LogP contribution is 2.46. The van der Waals surface area contributed by atoms with E-state index < -0.39 is 0 Å².